The number of benzene rings is 1. The summed E-state index contributed by atoms with van der Waals surface area (Å²) in [5, 5.41) is 4.36. The van der Waals surface area contributed by atoms with Gasteiger partial charge < -0.3 is 10.1 Å². The summed E-state index contributed by atoms with van der Waals surface area (Å²) in [7, 11) is 0. The zero-order valence-electron chi connectivity index (χ0n) is 14.5. The lowest BCUT2D eigenvalue weighted by atomic mass is 9.93. The maximum atomic E-state index is 12.1. The summed E-state index contributed by atoms with van der Waals surface area (Å²) >= 11 is 0. The van der Waals surface area contributed by atoms with Gasteiger partial charge in [0, 0.05) is 23.9 Å². The predicted octanol–water partition coefficient (Wildman–Crippen LogP) is 3.34. The molecule has 1 aliphatic heterocycles. The Balaban J connectivity index is 1.66. The highest BCUT2D eigenvalue weighted by molar-refractivity contribution is 5.81. The molecule has 4 nitrogen and oxygen atoms in total. The van der Waals surface area contributed by atoms with E-state index in [4.69, 9.17) is 4.74 Å². The lowest BCUT2D eigenvalue weighted by Gasteiger charge is -2.20. The lowest BCUT2D eigenvalue weighted by Crippen LogP contribution is -2.40. The lowest BCUT2D eigenvalue weighted by molar-refractivity contribution is -0.122. The largest absolute Gasteiger partial charge is 0.379 e. The van der Waals surface area contributed by atoms with Crippen molar-refractivity contribution in [2.75, 3.05) is 13.2 Å². The molecule has 3 rings (SSSR count). The molecule has 0 unspecified atom stereocenters. The molecule has 1 saturated heterocycles. The Morgan fingerprint density at radius 2 is 2.12 bits per heavy atom. The first-order valence-electron chi connectivity index (χ1n) is 8.83. The molecule has 1 aromatic carbocycles. The van der Waals surface area contributed by atoms with Gasteiger partial charge in [0.2, 0.25) is 5.91 Å². The van der Waals surface area contributed by atoms with Crippen molar-refractivity contribution in [2.24, 2.45) is 11.8 Å². The fourth-order valence-corrected chi connectivity index (χ4v) is 3.27. The minimum atomic E-state index is 0.108. The molecule has 0 radical (unpaired) electrons. The summed E-state index contributed by atoms with van der Waals surface area (Å²) in [6.45, 7) is 5.60. The first kappa shape index (κ1) is 16.9. The maximum Gasteiger partial charge on any atom is 0.220 e. The van der Waals surface area contributed by atoms with Crippen LogP contribution in [0, 0.1) is 11.8 Å². The Bertz CT molecular complexity index is 694. The first-order valence-corrected chi connectivity index (χ1v) is 8.83. The van der Waals surface area contributed by atoms with Crippen molar-refractivity contribution >= 4 is 16.8 Å². The van der Waals surface area contributed by atoms with E-state index in [1.165, 1.54) is 10.9 Å². The van der Waals surface area contributed by atoms with Gasteiger partial charge in [0.1, 0.15) is 0 Å². The molecule has 128 valence electrons. The van der Waals surface area contributed by atoms with Crippen LogP contribution in [0.3, 0.4) is 0 Å². The number of nitrogens with one attached hydrogen (secondary N) is 1. The van der Waals surface area contributed by atoms with E-state index in [0.29, 0.717) is 31.5 Å². The molecular weight excluding hydrogens is 300 g/mol. The van der Waals surface area contributed by atoms with Crippen molar-refractivity contribution in [3.05, 3.63) is 42.1 Å². The molecule has 1 amide bonds. The molecule has 1 N–H and O–H groups in total. The molecule has 2 aromatic rings. The molecular formula is C20H26N2O2. The van der Waals surface area contributed by atoms with Crippen LogP contribution in [0.25, 0.3) is 10.9 Å². The monoisotopic (exact) mass is 326 g/mol. The number of rotatable bonds is 6. The van der Waals surface area contributed by atoms with E-state index in [-0.39, 0.29) is 11.9 Å². The minimum absolute atomic E-state index is 0.108. The molecule has 0 saturated carbocycles. The van der Waals surface area contributed by atoms with Gasteiger partial charge in [-0.3, -0.25) is 9.78 Å². The third-order valence-electron chi connectivity index (χ3n) is 4.71. The number of hydrogen-bond donors (Lipinski definition) is 1. The Kier molecular flexibility index (Phi) is 5.46. The van der Waals surface area contributed by atoms with Crippen molar-refractivity contribution < 1.29 is 9.53 Å². The fraction of sp³-hybridized carbons (Fsp3) is 0.500. The van der Waals surface area contributed by atoms with E-state index in [2.05, 4.69) is 36.3 Å². The number of ether oxygens (including phenoxy) is 1. The van der Waals surface area contributed by atoms with Gasteiger partial charge in [0.05, 0.1) is 24.8 Å². The van der Waals surface area contributed by atoms with Crippen molar-refractivity contribution in [2.45, 2.75) is 39.2 Å². The number of carbonyl (C=O) groups is 1. The van der Waals surface area contributed by atoms with Crippen molar-refractivity contribution in [3.63, 3.8) is 0 Å². The Labute approximate surface area is 143 Å². The number of para-hydroxylation sites is 1. The number of aromatic nitrogens is 1. The molecule has 0 spiro atoms. The zero-order chi connectivity index (χ0) is 16.9. The highest BCUT2D eigenvalue weighted by Gasteiger charge is 2.30. The van der Waals surface area contributed by atoms with Crippen molar-refractivity contribution in [3.8, 4) is 0 Å². The summed E-state index contributed by atoms with van der Waals surface area (Å²) in [5.41, 5.74) is 2.30. The van der Waals surface area contributed by atoms with E-state index >= 15 is 0 Å². The second-order valence-electron chi connectivity index (χ2n) is 7.10. The summed E-state index contributed by atoms with van der Waals surface area (Å²) in [5.74, 6) is 1.01. The van der Waals surface area contributed by atoms with Crippen LogP contribution in [0.15, 0.2) is 36.5 Å². The van der Waals surface area contributed by atoms with Crippen molar-refractivity contribution in [1.82, 2.24) is 10.3 Å². The third-order valence-corrected chi connectivity index (χ3v) is 4.71. The topological polar surface area (TPSA) is 51.2 Å². The van der Waals surface area contributed by atoms with Gasteiger partial charge in [-0.05, 0) is 36.5 Å². The quantitative estimate of drug-likeness (QED) is 0.886. The van der Waals surface area contributed by atoms with Gasteiger partial charge in [-0.15, -0.1) is 0 Å². The molecule has 24 heavy (non-hydrogen) atoms. The number of amides is 1. The average Bonchev–Trinajstić information content (AvgIpc) is 3.00. The fourth-order valence-electron chi connectivity index (χ4n) is 3.27. The van der Waals surface area contributed by atoms with Crippen LogP contribution in [0.5, 0.6) is 0 Å². The summed E-state index contributed by atoms with van der Waals surface area (Å²) in [6.07, 6.45) is 4.29. The number of pyridine rings is 1. The Hall–Kier alpha value is -1.94. The van der Waals surface area contributed by atoms with E-state index in [9.17, 15) is 4.79 Å². The SMILES string of the molecule is CC(C)CCC(=O)N[C@@H]1COC[C@H]1Cc1ccnc2ccccc12. The third kappa shape index (κ3) is 4.12. The van der Waals surface area contributed by atoms with E-state index in [1.54, 1.807) is 0 Å². The van der Waals surface area contributed by atoms with E-state index < -0.39 is 0 Å². The summed E-state index contributed by atoms with van der Waals surface area (Å²) in [4.78, 5) is 16.6. The van der Waals surface area contributed by atoms with Gasteiger partial charge in [0.25, 0.3) is 0 Å². The Morgan fingerprint density at radius 1 is 1.29 bits per heavy atom. The molecule has 2 heterocycles. The summed E-state index contributed by atoms with van der Waals surface area (Å²) < 4.78 is 5.65. The molecule has 4 heteroatoms. The van der Waals surface area contributed by atoms with Crippen LogP contribution in [0.1, 0.15) is 32.3 Å². The maximum absolute atomic E-state index is 12.1. The van der Waals surface area contributed by atoms with Crippen LogP contribution in [-0.2, 0) is 16.0 Å². The van der Waals surface area contributed by atoms with Crippen LogP contribution >= 0.6 is 0 Å². The van der Waals surface area contributed by atoms with Gasteiger partial charge in [-0.1, -0.05) is 32.0 Å². The molecule has 0 bridgehead atoms. The molecule has 0 aliphatic carbocycles. The molecule has 1 aromatic heterocycles. The Morgan fingerprint density at radius 3 is 2.96 bits per heavy atom. The highest BCUT2D eigenvalue weighted by Crippen LogP contribution is 2.24. The predicted molar refractivity (Wildman–Crippen MR) is 95.8 cm³/mol. The van der Waals surface area contributed by atoms with Crippen LogP contribution < -0.4 is 5.32 Å². The van der Waals surface area contributed by atoms with Gasteiger partial charge in [0.15, 0.2) is 0 Å². The summed E-state index contributed by atoms with van der Waals surface area (Å²) in [6, 6.07) is 10.4. The molecule has 2 atom stereocenters. The molecule has 1 aliphatic rings. The average molecular weight is 326 g/mol. The smallest absolute Gasteiger partial charge is 0.220 e. The second-order valence-corrected chi connectivity index (χ2v) is 7.10. The number of hydrogen-bond acceptors (Lipinski definition) is 3. The number of fused-ring (bicyclic) bond motifs is 1. The van der Waals surface area contributed by atoms with Crippen LogP contribution in [0.2, 0.25) is 0 Å². The number of carbonyl (C=O) groups excluding carboxylic acids is 1. The normalized spacial score (nSPS) is 20.6. The van der Waals surface area contributed by atoms with Gasteiger partial charge in [-0.25, -0.2) is 0 Å². The zero-order valence-corrected chi connectivity index (χ0v) is 14.5. The van der Waals surface area contributed by atoms with E-state index in [1.807, 2.05) is 24.4 Å². The highest BCUT2D eigenvalue weighted by atomic mass is 16.5. The molecule has 1 fully saturated rings. The first-order chi connectivity index (χ1) is 11.6. The van der Waals surface area contributed by atoms with Crippen molar-refractivity contribution in [1.29, 1.82) is 0 Å². The second kappa shape index (κ2) is 7.75. The van der Waals surface area contributed by atoms with E-state index in [0.717, 1.165) is 18.4 Å². The van der Waals surface area contributed by atoms with Crippen LogP contribution in [0.4, 0.5) is 0 Å². The van der Waals surface area contributed by atoms with Gasteiger partial charge >= 0.3 is 0 Å². The standard InChI is InChI=1S/C20H26N2O2/c1-14(2)7-8-20(23)22-19-13-24-12-16(19)11-15-9-10-21-18-6-4-3-5-17(15)18/h3-6,9-10,14,16,19H,7-8,11-13H2,1-2H3,(H,22,23)/t16-,19-/m1/s1. The van der Waals surface area contributed by atoms with Crippen LogP contribution in [-0.4, -0.2) is 30.1 Å². The number of nitrogens with zero attached hydrogens (tertiary/aromatic N) is 1. The van der Waals surface area contributed by atoms with Gasteiger partial charge in [-0.2, -0.15) is 0 Å². The minimum Gasteiger partial charge on any atom is -0.379 e.